The SMILES string of the molecule is CN(Cc1ccccc1)c1nc2ccccn2c(=O)c1/C=N/NC(=O)c1ccccc1. The molecule has 7 nitrogen and oxygen atoms in total. The molecule has 0 unspecified atom stereocenters. The van der Waals surface area contributed by atoms with Gasteiger partial charge in [-0.3, -0.25) is 14.0 Å². The van der Waals surface area contributed by atoms with Crippen LogP contribution in [-0.2, 0) is 6.54 Å². The van der Waals surface area contributed by atoms with Crippen LogP contribution in [0.2, 0.25) is 0 Å². The number of benzene rings is 2. The highest BCUT2D eigenvalue weighted by atomic mass is 16.2. The number of carbonyl (C=O) groups is 1. The first-order chi connectivity index (χ1) is 15.1. The number of nitrogens with zero attached hydrogens (tertiary/aromatic N) is 4. The van der Waals surface area contributed by atoms with Crippen LogP contribution in [0.1, 0.15) is 21.5 Å². The molecule has 2 aromatic heterocycles. The number of carbonyl (C=O) groups excluding carboxylic acids is 1. The second-order valence-electron chi connectivity index (χ2n) is 6.99. The summed E-state index contributed by atoms with van der Waals surface area (Å²) in [6, 6.07) is 24.0. The first-order valence-corrected chi connectivity index (χ1v) is 9.78. The molecule has 0 saturated heterocycles. The van der Waals surface area contributed by atoms with E-state index in [1.807, 2.05) is 54.4 Å². The van der Waals surface area contributed by atoms with Gasteiger partial charge in [-0.2, -0.15) is 5.10 Å². The lowest BCUT2D eigenvalue weighted by atomic mass is 10.2. The van der Waals surface area contributed by atoms with Gasteiger partial charge < -0.3 is 4.90 Å². The van der Waals surface area contributed by atoms with E-state index in [-0.39, 0.29) is 17.0 Å². The molecule has 0 aliphatic rings. The molecule has 0 saturated carbocycles. The number of hydrogen-bond donors (Lipinski definition) is 1. The molecule has 0 aliphatic heterocycles. The van der Waals surface area contributed by atoms with Gasteiger partial charge in [0.1, 0.15) is 17.0 Å². The fourth-order valence-corrected chi connectivity index (χ4v) is 3.24. The van der Waals surface area contributed by atoms with E-state index in [4.69, 9.17) is 0 Å². The van der Waals surface area contributed by atoms with Gasteiger partial charge in [-0.25, -0.2) is 10.4 Å². The molecule has 2 heterocycles. The number of hydrazone groups is 1. The number of hydrogen-bond acceptors (Lipinski definition) is 5. The minimum atomic E-state index is -0.357. The first-order valence-electron chi connectivity index (χ1n) is 9.78. The number of amides is 1. The lowest BCUT2D eigenvalue weighted by Gasteiger charge is -2.20. The monoisotopic (exact) mass is 411 g/mol. The van der Waals surface area contributed by atoms with Crippen molar-refractivity contribution < 1.29 is 4.79 Å². The van der Waals surface area contributed by atoms with E-state index in [1.165, 1.54) is 10.6 Å². The molecule has 1 amide bonds. The Balaban J connectivity index is 1.68. The van der Waals surface area contributed by atoms with E-state index in [0.717, 1.165) is 5.56 Å². The summed E-state index contributed by atoms with van der Waals surface area (Å²) in [5, 5.41) is 4.03. The topological polar surface area (TPSA) is 79.1 Å². The Labute approximate surface area is 179 Å². The predicted octanol–water partition coefficient (Wildman–Crippen LogP) is 3.09. The Bertz CT molecular complexity index is 1280. The van der Waals surface area contributed by atoms with E-state index in [2.05, 4.69) is 15.5 Å². The summed E-state index contributed by atoms with van der Waals surface area (Å²) >= 11 is 0. The average molecular weight is 411 g/mol. The summed E-state index contributed by atoms with van der Waals surface area (Å²) in [4.78, 5) is 32.0. The third-order valence-electron chi connectivity index (χ3n) is 4.77. The van der Waals surface area contributed by atoms with Crippen LogP contribution in [0.5, 0.6) is 0 Å². The normalized spacial score (nSPS) is 11.0. The van der Waals surface area contributed by atoms with E-state index in [1.54, 1.807) is 42.6 Å². The third kappa shape index (κ3) is 4.51. The van der Waals surface area contributed by atoms with Crippen molar-refractivity contribution in [3.63, 3.8) is 0 Å². The summed E-state index contributed by atoms with van der Waals surface area (Å²) in [7, 11) is 1.87. The highest BCUT2D eigenvalue weighted by molar-refractivity contribution is 5.95. The molecule has 0 aliphatic carbocycles. The summed E-state index contributed by atoms with van der Waals surface area (Å²) in [5.74, 6) is 0.127. The van der Waals surface area contributed by atoms with Gasteiger partial charge in [0.15, 0.2) is 0 Å². The standard InChI is InChI=1S/C24H21N5O2/c1-28(17-18-10-4-2-5-11-18)22-20(24(31)29-15-9-8-14-21(29)26-22)16-25-27-23(30)19-12-6-3-7-13-19/h2-16H,17H2,1H3,(H,27,30)/b25-16+. The van der Waals surface area contributed by atoms with Crippen molar-refractivity contribution in [3.8, 4) is 0 Å². The van der Waals surface area contributed by atoms with Crippen LogP contribution in [0.25, 0.3) is 5.65 Å². The van der Waals surface area contributed by atoms with Gasteiger partial charge in [0, 0.05) is 25.4 Å². The molecule has 0 spiro atoms. The quantitative estimate of drug-likeness (QED) is 0.391. The molecule has 0 radical (unpaired) electrons. The van der Waals surface area contributed by atoms with Gasteiger partial charge in [-0.05, 0) is 29.8 Å². The Hall–Kier alpha value is -4.26. The van der Waals surface area contributed by atoms with Gasteiger partial charge >= 0.3 is 0 Å². The largest absolute Gasteiger partial charge is 0.355 e. The van der Waals surface area contributed by atoms with Crippen LogP contribution in [0.4, 0.5) is 5.82 Å². The number of fused-ring (bicyclic) bond motifs is 1. The van der Waals surface area contributed by atoms with Crippen LogP contribution in [-0.4, -0.2) is 28.6 Å². The average Bonchev–Trinajstić information content (AvgIpc) is 2.81. The lowest BCUT2D eigenvalue weighted by molar-refractivity contribution is 0.0955. The number of nitrogens with one attached hydrogen (secondary N) is 1. The van der Waals surface area contributed by atoms with Crippen molar-refractivity contribution in [2.75, 3.05) is 11.9 Å². The molecule has 4 rings (SSSR count). The predicted molar refractivity (Wildman–Crippen MR) is 122 cm³/mol. The minimum absolute atomic E-state index is 0.266. The number of rotatable bonds is 6. The van der Waals surface area contributed by atoms with Crippen molar-refractivity contribution in [3.05, 3.63) is 112 Å². The van der Waals surface area contributed by atoms with Crippen LogP contribution >= 0.6 is 0 Å². The number of aromatic nitrogens is 2. The van der Waals surface area contributed by atoms with Crippen LogP contribution in [0.3, 0.4) is 0 Å². The van der Waals surface area contributed by atoms with E-state index in [0.29, 0.717) is 23.6 Å². The maximum Gasteiger partial charge on any atom is 0.271 e. The van der Waals surface area contributed by atoms with Crippen LogP contribution in [0, 0.1) is 0 Å². The van der Waals surface area contributed by atoms with Crippen molar-refractivity contribution >= 4 is 23.6 Å². The number of anilines is 1. The molecule has 4 aromatic rings. The van der Waals surface area contributed by atoms with Crippen molar-refractivity contribution in [1.29, 1.82) is 0 Å². The highest BCUT2D eigenvalue weighted by Crippen LogP contribution is 2.16. The van der Waals surface area contributed by atoms with Crippen LogP contribution < -0.4 is 15.9 Å². The summed E-state index contributed by atoms with van der Waals surface area (Å²) in [5.41, 5.74) is 4.60. The maximum atomic E-state index is 13.1. The maximum absolute atomic E-state index is 13.1. The fraction of sp³-hybridized carbons (Fsp3) is 0.0833. The second-order valence-corrected chi connectivity index (χ2v) is 6.99. The molecule has 0 bridgehead atoms. The Kier molecular flexibility index (Phi) is 5.84. The first kappa shape index (κ1) is 20.0. The highest BCUT2D eigenvalue weighted by Gasteiger charge is 2.15. The molecule has 2 aromatic carbocycles. The molecule has 31 heavy (non-hydrogen) atoms. The van der Waals surface area contributed by atoms with Crippen molar-refractivity contribution in [2.45, 2.75) is 6.54 Å². The zero-order valence-corrected chi connectivity index (χ0v) is 17.0. The van der Waals surface area contributed by atoms with Gasteiger partial charge in [-0.1, -0.05) is 54.6 Å². The Morgan fingerprint density at radius 3 is 2.45 bits per heavy atom. The van der Waals surface area contributed by atoms with Gasteiger partial charge in [0.05, 0.1) is 6.21 Å². The molecule has 154 valence electrons. The molecule has 0 atom stereocenters. The molecule has 7 heteroatoms. The van der Waals surface area contributed by atoms with Gasteiger partial charge in [0.2, 0.25) is 0 Å². The smallest absolute Gasteiger partial charge is 0.271 e. The van der Waals surface area contributed by atoms with E-state index in [9.17, 15) is 9.59 Å². The lowest BCUT2D eigenvalue weighted by Crippen LogP contribution is -2.28. The minimum Gasteiger partial charge on any atom is -0.355 e. The van der Waals surface area contributed by atoms with Crippen LogP contribution in [0.15, 0.2) is 95.0 Å². The van der Waals surface area contributed by atoms with Crippen molar-refractivity contribution in [2.24, 2.45) is 5.10 Å². The molecular formula is C24H21N5O2. The Morgan fingerprint density at radius 1 is 1.03 bits per heavy atom. The summed E-state index contributed by atoms with van der Waals surface area (Å²) in [6.45, 7) is 0.563. The zero-order chi connectivity index (χ0) is 21.6. The summed E-state index contributed by atoms with van der Waals surface area (Å²) < 4.78 is 1.46. The van der Waals surface area contributed by atoms with E-state index >= 15 is 0 Å². The van der Waals surface area contributed by atoms with E-state index < -0.39 is 0 Å². The second kappa shape index (κ2) is 9.04. The van der Waals surface area contributed by atoms with Gasteiger partial charge in [-0.15, -0.1) is 0 Å². The zero-order valence-electron chi connectivity index (χ0n) is 17.0. The molecule has 0 fully saturated rings. The van der Waals surface area contributed by atoms with Gasteiger partial charge in [0.25, 0.3) is 11.5 Å². The Morgan fingerprint density at radius 2 is 1.71 bits per heavy atom. The van der Waals surface area contributed by atoms with Crippen molar-refractivity contribution in [1.82, 2.24) is 14.8 Å². The third-order valence-corrected chi connectivity index (χ3v) is 4.77. The number of pyridine rings is 1. The summed E-state index contributed by atoms with van der Waals surface area (Å²) in [6.07, 6.45) is 3.01. The molecule has 1 N–H and O–H groups in total. The molecular weight excluding hydrogens is 390 g/mol. The fourth-order valence-electron chi connectivity index (χ4n) is 3.24.